The molecule has 136 valence electrons. The summed E-state index contributed by atoms with van der Waals surface area (Å²) in [6.07, 6.45) is 0. The van der Waals surface area contributed by atoms with E-state index >= 15 is 0 Å². The molecule has 8 heteroatoms. The molecule has 0 bridgehead atoms. The third-order valence-electron chi connectivity index (χ3n) is 3.70. The Balaban J connectivity index is 2.10. The van der Waals surface area contributed by atoms with E-state index < -0.39 is 17.4 Å². The molecular weight excluding hydrogens is 346 g/mol. The van der Waals surface area contributed by atoms with E-state index in [4.69, 9.17) is 21.2 Å². The van der Waals surface area contributed by atoms with Crippen molar-refractivity contribution in [1.29, 1.82) is 0 Å². The molecule has 0 saturated carbocycles. The van der Waals surface area contributed by atoms with Gasteiger partial charge in [-0.2, -0.15) is 10.2 Å². The first-order chi connectivity index (χ1) is 11.7. The molecule has 0 N–H and O–H groups in total. The Labute approximate surface area is 151 Å². The van der Waals surface area contributed by atoms with Crippen LogP contribution in [0.2, 0.25) is 5.02 Å². The number of hydroxylamine groups is 2. The van der Waals surface area contributed by atoms with Crippen LogP contribution >= 0.6 is 11.6 Å². The van der Waals surface area contributed by atoms with Gasteiger partial charge in [-0.3, -0.25) is 9.63 Å². The normalized spacial score (nSPS) is 18.0. The lowest BCUT2D eigenvalue weighted by molar-refractivity contribution is -0.165. The molecular formula is C17H22ClN3O4. The predicted molar refractivity (Wildman–Crippen MR) is 92.3 cm³/mol. The summed E-state index contributed by atoms with van der Waals surface area (Å²) in [5.41, 5.74) is 0.674. The Morgan fingerprint density at radius 3 is 2.80 bits per heavy atom. The fourth-order valence-corrected chi connectivity index (χ4v) is 2.35. The number of hydrogen-bond acceptors (Lipinski definition) is 6. The Morgan fingerprint density at radius 1 is 1.48 bits per heavy atom. The number of carbonyl (C=O) groups is 2. The fraction of sp³-hybridized carbons (Fsp3) is 0.529. The summed E-state index contributed by atoms with van der Waals surface area (Å²) in [6.45, 7) is 7.85. The third kappa shape index (κ3) is 4.76. The molecule has 2 rings (SSSR count). The maximum absolute atomic E-state index is 12.2. The van der Waals surface area contributed by atoms with Crippen molar-refractivity contribution < 1.29 is 19.2 Å². The predicted octanol–water partition coefficient (Wildman–Crippen LogP) is 3.68. The molecule has 1 aromatic carbocycles. The number of azo groups is 1. The van der Waals surface area contributed by atoms with E-state index in [-0.39, 0.29) is 12.5 Å². The van der Waals surface area contributed by atoms with E-state index in [1.54, 1.807) is 32.0 Å². The number of halogens is 1. The average Bonchev–Trinajstić information content (AvgIpc) is 2.82. The largest absolute Gasteiger partial charge is 0.464 e. The van der Waals surface area contributed by atoms with Crippen molar-refractivity contribution in [2.24, 2.45) is 15.6 Å². The first-order valence-corrected chi connectivity index (χ1v) is 8.43. The molecule has 1 unspecified atom stereocenters. The third-order valence-corrected chi connectivity index (χ3v) is 4.07. The lowest BCUT2D eigenvalue weighted by Gasteiger charge is -2.17. The minimum absolute atomic E-state index is 0.0912. The van der Waals surface area contributed by atoms with Gasteiger partial charge in [0.2, 0.25) is 0 Å². The van der Waals surface area contributed by atoms with Crippen molar-refractivity contribution >= 4 is 29.2 Å². The van der Waals surface area contributed by atoms with Gasteiger partial charge in [-0.25, -0.2) is 9.86 Å². The van der Waals surface area contributed by atoms with Crippen LogP contribution in [0.1, 0.15) is 33.3 Å². The minimum atomic E-state index is -0.691. The maximum atomic E-state index is 12.2. The summed E-state index contributed by atoms with van der Waals surface area (Å²) in [5.74, 6) is -0.523. The number of carbonyl (C=O) groups excluding carboxylic acids is 2. The summed E-state index contributed by atoms with van der Waals surface area (Å²) in [7, 11) is 0. The number of hydrogen-bond donors (Lipinski definition) is 0. The van der Waals surface area contributed by atoms with E-state index in [1.807, 2.05) is 13.8 Å². The van der Waals surface area contributed by atoms with Crippen LogP contribution in [0.15, 0.2) is 28.4 Å². The van der Waals surface area contributed by atoms with Crippen LogP contribution in [0.4, 0.5) is 5.69 Å². The first-order valence-electron chi connectivity index (χ1n) is 8.05. The summed E-state index contributed by atoms with van der Waals surface area (Å²) >= 11 is 6.21. The van der Waals surface area contributed by atoms with Crippen LogP contribution in [0, 0.1) is 5.41 Å². The second kappa shape index (κ2) is 7.93. The van der Waals surface area contributed by atoms with Crippen LogP contribution in [0.25, 0.3) is 0 Å². The van der Waals surface area contributed by atoms with E-state index in [1.165, 1.54) is 5.06 Å². The van der Waals surface area contributed by atoms with Gasteiger partial charge < -0.3 is 4.74 Å². The van der Waals surface area contributed by atoms with E-state index in [0.29, 0.717) is 29.5 Å². The van der Waals surface area contributed by atoms with E-state index in [9.17, 15) is 9.59 Å². The molecule has 0 spiro atoms. The van der Waals surface area contributed by atoms with Crippen LogP contribution < -0.4 is 0 Å². The molecule has 1 aliphatic heterocycles. The Morgan fingerprint density at radius 2 is 2.20 bits per heavy atom. The Kier molecular flexibility index (Phi) is 6.13. The van der Waals surface area contributed by atoms with Gasteiger partial charge in [0.15, 0.2) is 6.04 Å². The Hall–Kier alpha value is -1.99. The number of esters is 1. The molecule has 1 aromatic rings. The molecule has 7 nitrogen and oxygen atoms in total. The van der Waals surface area contributed by atoms with Crippen LogP contribution in [0.3, 0.4) is 0 Å². The van der Waals surface area contributed by atoms with Crippen LogP contribution in [-0.4, -0.2) is 36.2 Å². The highest BCUT2D eigenvalue weighted by Gasteiger charge is 2.40. The lowest BCUT2D eigenvalue weighted by atomic mass is 9.95. The van der Waals surface area contributed by atoms with Crippen molar-refractivity contribution in [1.82, 2.24) is 5.06 Å². The maximum Gasteiger partial charge on any atom is 0.332 e. The summed E-state index contributed by atoms with van der Waals surface area (Å²) < 4.78 is 4.88. The van der Waals surface area contributed by atoms with Crippen LogP contribution in [-0.2, 0) is 25.7 Å². The summed E-state index contributed by atoms with van der Waals surface area (Å²) in [5, 5.41) is 9.81. The average molecular weight is 368 g/mol. The van der Waals surface area contributed by atoms with Gasteiger partial charge in [0.25, 0.3) is 5.91 Å². The minimum Gasteiger partial charge on any atom is -0.464 e. The molecule has 1 saturated heterocycles. The highest BCUT2D eigenvalue weighted by Crippen LogP contribution is 2.30. The van der Waals surface area contributed by atoms with Crippen molar-refractivity contribution in [3.05, 3.63) is 28.8 Å². The molecule has 0 aliphatic carbocycles. The zero-order chi connectivity index (χ0) is 18.6. The second-order valence-electron chi connectivity index (χ2n) is 6.42. The number of amides is 1. The smallest absolute Gasteiger partial charge is 0.332 e. The molecule has 1 aliphatic rings. The molecule has 25 heavy (non-hydrogen) atoms. The highest BCUT2D eigenvalue weighted by atomic mass is 35.5. The number of benzene rings is 1. The Bertz CT molecular complexity index is 690. The van der Waals surface area contributed by atoms with Gasteiger partial charge in [-0.1, -0.05) is 11.6 Å². The van der Waals surface area contributed by atoms with E-state index in [0.717, 1.165) is 0 Å². The zero-order valence-electron chi connectivity index (χ0n) is 14.8. The van der Waals surface area contributed by atoms with Crippen molar-refractivity contribution in [2.45, 2.75) is 40.3 Å². The summed E-state index contributed by atoms with van der Waals surface area (Å²) in [4.78, 5) is 29.2. The topological polar surface area (TPSA) is 80.6 Å². The lowest BCUT2D eigenvalue weighted by Crippen LogP contribution is -2.30. The molecule has 1 amide bonds. The first kappa shape index (κ1) is 19.3. The summed E-state index contributed by atoms with van der Waals surface area (Å²) in [6, 6.07) is 4.38. The number of ether oxygens (including phenoxy) is 1. The standard InChI is InChI=1S/C17H22ClN3O4/c1-5-24-15(22)11(2)19-20-13-6-7-14(18)12(8-13)9-21-16(23)17(3,4)10-25-21/h6-8,11H,5,9-10H2,1-4H3. The second-order valence-corrected chi connectivity index (χ2v) is 6.83. The van der Waals surface area contributed by atoms with Gasteiger partial charge in [0, 0.05) is 5.02 Å². The van der Waals surface area contributed by atoms with Gasteiger partial charge in [-0.15, -0.1) is 0 Å². The number of nitrogens with zero attached hydrogens (tertiary/aromatic N) is 3. The van der Waals surface area contributed by atoms with Crippen LogP contribution in [0.5, 0.6) is 0 Å². The zero-order valence-corrected chi connectivity index (χ0v) is 15.5. The monoisotopic (exact) mass is 367 g/mol. The molecule has 1 fully saturated rings. The van der Waals surface area contributed by atoms with Crippen molar-refractivity contribution in [3.8, 4) is 0 Å². The molecule has 1 heterocycles. The quantitative estimate of drug-likeness (QED) is 0.567. The highest BCUT2D eigenvalue weighted by molar-refractivity contribution is 6.31. The SMILES string of the molecule is CCOC(=O)C(C)N=Nc1ccc(Cl)c(CN2OCC(C)(C)C2=O)c1. The number of rotatable bonds is 6. The molecule has 0 radical (unpaired) electrons. The van der Waals surface area contributed by atoms with Gasteiger partial charge >= 0.3 is 5.97 Å². The van der Waals surface area contributed by atoms with Crippen molar-refractivity contribution in [2.75, 3.05) is 13.2 Å². The molecule has 0 aromatic heterocycles. The van der Waals surface area contributed by atoms with Gasteiger partial charge in [0.05, 0.1) is 30.9 Å². The fourth-order valence-electron chi connectivity index (χ4n) is 2.18. The van der Waals surface area contributed by atoms with Gasteiger partial charge in [0.1, 0.15) is 0 Å². The molecule has 1 atom stereocenters. The van der Waals surface area contributed by atoms with Crippen molar-refractivity contribution in [3.63, 3.8) is 0 Å². The van der Waals surface area contributed by atoms with E-state index in [2.05, 4.69) is 10.2 Å². The van der Waals surface area contributed by atoms with Gasteiger partial charge in [-0.05, 0) is 51.5 Å².